The van der Waals surface area contributed by atoms with E-state index in [4.69, 9.17) is 24.5 Å². The van der Waals surface area contributed by atoms with Gasteiger partial charge in [-0.2, -0.15) is 0 Å². The molecule has 348 valence electrons. The molecular weight excluding hydrogens is 813 g/mol. The molecule has 5 atom stereocenters. The van der Waals surface area contributed by atoms with Crippen LogP contribution in [0.25, 0.3) is 0 Å². The Kier molecular flexibility index (Phi) is 16.4. The number of hydrogen-bond donors (Lipinski definition) is 2. The lowest BCUT2D eigenvalue weighted by Gasteiger charge is -2.19. The molecular formula is C55H72N4O6. The zero-order valence-corrected chi connectivity index (χ0v) is 40.7. The van der Waals surface area contributed by atoms with E-state index in [0.29, 0.717) is 81.0 Å². The minimum absolute atomic E-state index is 0.139. The Morgan fingerprint density at radius 2 is 1.60 bits per heavy atom. The number of aliphatic imine (C=N–C) groups is 3. The molecule has 65 heavy (non-hydrogen) atoms. The van der Waals surface area contributed by atoms with Crippen LogP contribution in [0.3, 0.4) is 0 Å². The molecule has 5 heterocycles. The van der Waals surface area contributed by atoms with E-state index in [-0.39, 0.29) is 36.6 Å². The SMILES string of the molecule is C=CC1=C(C)C2=NC1=CC1=NC(=C(CC)/C1=C\O)C=C1N=C3C(=C1C)C(=O)C(C(=O)OC)C3=C1NC(=C2)[C@@H](C)[C@@H]1CCC(=O)OC/C=C(\C)CCC[C@H](C)CCC[C@H](C)CCCC(C)C. The summed E-state index contributed by atoms with van der Waals surface area (Å²) in [5, 5.41) is 14.1. The van der Waals surface area contributed by atoms with Crippen LogP contribution in [-0.2, 0) is 23.9 Å². The molecule has 0 amide bonds. The van der Waals surface area contributed by atoms with Gasteiger partial charge in [0.25, 0.3) is 0 Å². The molecule has 6 aliphatic rings. The van der Waals surface area contributed by atoms with Gasteiger partial charge in [-0.25, -0.2) is 15.0 Å². The van der Waals surface area contributed by atoms with E-state index in [1.165, 1.54) is 57.6 Å². The van der Waals surface area contributed by atoms with E-state index in [2.05, 4.69) is 53.4 Å². The van der Waals surface area contributed by atoms with Gasteiger partial charge in [0.15, 0.2) is 5.78 Å². The Morgan fingerprint density at radius 3 is 2.25 bits per heavy atom. The van der Waals surface area contributed by atoms with Crippen LogP contribution in [0.5, 0.6) is 0 Å². The van der Waals surface area contributed by atoms with Gasteiger partial charge in [0, 0.05) is 51.9 Å². The Hall–Kier alpha value is -5.38. The van der Waals surface area contributed by atoms with Gasteiger partial charge in [-0.1, -0.05) is 105 Å². The molecule has 0 aromatic rings. The third-order valence-corrected chi connectivity index (χ3v) is 14.2. The van der Waals surface area contributed by atoms with Gasteiger partial charge in [-0.15, -0.1) is 0 Å². The first-order valence-corrected chi connectivity index (χ1v) is 24.1. The van der Waals surface area contributed by atoms with Crippen molar-refractivity contribution in [1.29, 1.82) is 0 Å². The van der Waals surface area contributed by atoms with Gasteiger partial charge in [0.2, 0.25) is 0 Å². The third-order valence-electron chi connectivity index (χ3n) is 14.2. The molecule has 0 spiro atoms. The average Bonchev–Trinajstić information content (AvgIpc) is 4.02. The van der Waals surface area contributed by atoms with Crippen LogP contribution in [0.15, 0.2) is 131 Å². The van der Waals surface area contributed by atoms with Crippen LogP contribution in [0, 0.1) is 35.5 Å². The van der Waals surface area contributed by atoms with Crippen LogP contribution in [-0.4, -0.2) is 53.7 Å². The number of rotatable bonds is 20. The predicted molar refractivity (Wildman–Crippen MR) is 262 cm³/mol. The van der Waals surface area contributed by atoms with E-state index >= 15 is 0 Å². The minimum Gasteiger partial charge on any atom is -0.515 e. The zero-order valence-electron chi connectivity index (χ0n) is 40.7. The molecule has 0 radical (unpaired) electrons. The highest BCUT2D eigenvalue weighted by atomic mass is 16.5. The minimum atomic E-state index is -1.23. The van der Waals surface area contributed by atoms with E-state index in [9.17, 15) is 19.5 Å². The summed E-state index contributed by atoms with van der Waals surface area (Å²) in [7, 11) is 1.29. The summed E-state index contributed by atoms with van der Waals surface area (Å²) < 4.78 is 11.0. The van der Waals surface area contributed by atoms with Crippen LogP contribution in [0.1, 0.15) is 139 Å². The second-order valence-corrected chi connectivity index (χ2v) is 19.4. The summed E-state index contributed by atoms with van der Waals surface area (Å²) in [6.07, 6.45) is 22.9. The fourth-order valence-corrected chi connectivity index (χ4v) is 10.1. The lowest BCUT2D eigenvalue weighted by atomic mass is 9.85. The zero-order chi connectivity index (χ0) is 47.1. The number of nitrogens with one attached hydrogen (secondary N) is 1. The largest absolute Gasteiger partial charge is 0.515 e. The second-order valence-electron chi connectivity index (χ2n) is 19.4. The lowest BCUT2D eigenvalue weighted by molar-refractivity contribution is -0.146. The van der Waals surface area contributed by atoms with E-state index in [1.807, 2.05) is 45.1 Å². The molecule has 8 bridgehead atoms. The van der Waals surface area contributed by atoms with Crippen molar-refractivity contribution in [2.24, 2.45) is 50.5 Å². The van der Waals surface area contributed by atoms with Crippen molar-refractivity contribution in [3.63, 3.8) is 0 Å². The summed E-state index contributed by atoms with van der Waals surface area (Å²) in [6, 6.07) is 0. The van der Waals surface area contributed by atoms with Crippen LogP contribution < -0.4 is 5.32 Å². The number of carbonyl (C=O) groups is 3. The van der Waals surface area contributed by atoms with Gasteiger partial charge < -0.3 is 19.9 Å². The van der Waals surface area contributed by atoms with Crippen molar-refractivity contribution in [2.75, 3.05) is 13.7 Å². The number of hydrogen-bond acceptors (Lipinski definition) is 10. The first kappa shape index (κ1) is 49.1. The maximum Gasteiger partial charge on any atom is 0.321 e. The highest BCUT2D eigenvalue weighted by Crippen LogP contribution is 2.47. The monoisotopic (exact) mass is 885 g/mol. The first-order valence-electron chi connectivity index (χ1n) is 24.1. The molecule has 2 N–H and O–H groups in total. The first-order chi connectivity index (χ1) is 31.1. The molecule has 0 aromatic carbocycles. The molecule has 1 saturated heterocycles. The number of aliphatic hydroxyl groups is 1. The van der Waals surface area contributed by atoms with E-state index < -0.39 is 11.9 Å². The van der Waals surface area contributed by atoms with Crippen molar-refractivity contribution >= 4 is 34.9 Å². The quantitative estimate of drug-likeness (QED) is 0.0537. The maximum absolute atomic E-state index is 14.4. The number of Topliss-reactive ketones (excluding diaryl/α,β-unsaturated/α-hetero) is 1. The smallest absolute Gasteiger partial charge is 0.321 e. The normalized spacial score (nSPS) is 23.2. The average molecular weight is 885 g/mol. The molecule has 10 heteroatoms. The van der Waals surface area contributed by atoms with Crippen LogP contribution >= 0.6 is 0 Å². The van der Waals surface area contributed by atoms with E-state index in [1.54, 1.807) is 6.08 Å². The molecule has 1 unspecified atom stereocenters. The van der Waals surface area contributed by atoms with Gasteiger partial charge in [-0.05, 0) is 105 Å². The predicted octanol–water partition coefficient (Wildman–Crippen LogP) is 12.1. The second kappa shape index (κ2) is 21.7. The third kappa shape index (κ3) is 10.8. The summed E-state index contributed by atoms with van der Waals surface area (Å²) in [6.45, 7) is 23.7. The van der Waals surface area contributed by atoms with Crippen molar-refractivity contribution in [3.05, 3.63) is 116 Å². The molecule has 10 nitrogen and oxygen atoms in total. The summed E-state index contributed by atoms with van der Waals surface area (Å²) >= 11 is 0. The number of aliphatic hydroxyl groups excluding tert-OH is 1. The number of nitrogens with zero attached hydrogens (tertiary/aromatic N) is 3. The van der Waals surface area contributed by atoms with Gasteiger partial charge in [-0.3, -0.25) is 14.4 Å². The van der Waals surface area contributed by atoms with Gasteiger partial charge >= 0.3 is 11.9 Å². The lowest BCUT2D eigenvalue weighted by Crippen LogP contribution is -2.26. The number of ketones is 1. The number of esters is 2. The Bertz CT molecular complexity index is 2350. The van der Waals surface area contributed by atoms with Crippen LogP contribution in [0.2, 0.25) is 0 Å². The Balaban J connectivity index is 1.21. The van der Waals surface area contributed by atoms with Gasteiger partial charge in [0.1, 0.15) is 12.5 Å². The Morgan fingerprint density at radius 1 is 0.908 bits per heavy atom. The highest BCUT2D eigenvalue weighted by molar-refractivity contribution is 6.42. The van der Waals surface area contributed by atoms with Crippen molar-refractivity contribution in [1.82, 2.24) is 5.32 Å². The number of methoxy groups -OCH3 is 1. The number of allylic oxidation sites excluding steroid dienone is 12. The number of ether oxygens (including phenoxy) is 2. The number of fused-ring (bicyclic) bond motifs is 5. The topological polar surface area (TPSA) is 139 Å². The fraction of sp³-hybridized carbons (Fsp3) is 0.527. The summed E-state index contributed by atoms with van der Waals surface area (Å²) in [5.74, 6) is -0.732. The maximum atomic E-state index is 14.4. The van der Waals surface area contributed by atoms with Crippen molar-refractivity contribution in [3.8, 4) is 0 Å². The molecule has 0 aromatic heterocycles. The van der Waals surface area contributed by atoms with Crippen LogP contribution in [0.4, 0.5) is 0 Å². The fourth-order valence-electron chi connectivity index (χ4n) is 10.1. The van der Waals surface area contributed by atoms with Crippen molar-refractivity contribution < 1.29 is 29.0 Å². The molecule has 1 aliphatic carbocycles. The standard InChI is InChI=1S/C55H72N4O6/c1-12-38-35(8)42-27-43-36(9)40(23-24-48(61)65-26-25-34(7)22-16-21-33(6)20-15-19-32(5)18-14-17-31(3)4)52(58-43)50-51(55(63)64-11)54(62)49-37(10)44(59-53(49)50)28-46-39(13-2)41(30-60)47(57-46)29-45(38)56-42/h12,25,27-33,36,40,51,58,60H,1,13-24,26H2,2-11H3/b34-25+,41-30+,43-27?,44-28?,45-29?,52-50?/t32-,33-,36+,40+,51?/m1/s1. The molecule has 6 rings (SSSR count). The summed E-state index contributed by atoms with van der Waals surface area (Å²) in [5.41, 5.74) is 10.9. The van der Waals surface area contributed by atoms with E-state index in [0.717, 1.165) is 53.4 Å². The molecule has 1 saturated carbocycles. The summed E-state index contributed by atoms with van der Waals surface area (Å²) in [4.78, 5) is 56.5. The molecule has 5 aliphatic heterocycles. The Labute approximate surface area is 387 Å². The molecule has 2 fully saturated rings. The van der Waals surface area contributed by atoms with Gasteiger partial charge in [0.05, 0.1) is 47.6 Å². The highest BCUT2D eigenvalue weighted by Gasteiger charge is 2.52. The van der Waals surface area contributed by atoms with Crippen molar-refractivity contribution in [2.45, 2.75) is 139 Å². The number of carbonyl (C=O) groups excluding carboxylic acids is 3.